The predicted molar refractivity (Wildman–Crippen MR) is 179 cm³/mol. The van der Waals surface area contributed by atoms with Crippen molar-refractivity contribution in [1.82, 2.24) is 10.2 Å². The van der Waals surface area contributed by atoms with Crippen LogP contribution in [-0.2, 0) is 71.3 Å². The zero-order valence-corrected chi connectivity index (χ0v) is 29.8. The van der Waals surface area contributed by atoms with Gasteiger partial charge in [0.15, 0.2) is 0 Å². The molecule has 18 heteroatoms. The zero-order valence-electron chi connectivity index (χ0n) is 29.8. The molecular weight excluding hydrogens is 680 g/mol. The Labute approximate surface area is 300 Å². The van der Waals surface area contributed by atoms with Gasteiger partial charge in [0.1, 0.15) is 0 Å². The number of carboxylic acid groups (broad SMARTS) is 1. The number of hydrogen-bond acceptors (Lipinski definition) is 15. The lowest BCUT2D eigenvalue weighted by molar-refractivity contribution is -0.139. The standard InChI is InChI=1S/C33H58N2O16/c36-30(2-5-33(39)40)34-6-1-8-41-10-12-43-14-16-45-18-20-47-22-24-49-26-28-51-29-27-50-25-23-48-21-19-46-17-15-44-13-11-42-9-7-35-31(37)3-4-32(35)38/h3-4H,1-2,5-29H2,(H,34,36)(H,39,40). The van der Waals surface area contributed by atoms with Crippen LogP contribution in [0.5, 0.6) is 0 Å². The normalized spacial score (nSPS) is 12.7. The van der Waals surface area contributed by atoms with Crippen LogP contribution in [0.15, 0.2) is 12.2 Å². The van der Waals surface area contributed by atoms with Gasteiger partial charge >= 0.3 is 5.97 Å². The molecule has 0 bridgehead atoms. The third-order valence-corrected chi connectivity index (χ3v) is 6.43. The van der Waals surface area contributed by atoms with Gasteiger partial charge in [-0.15, -0.1) is 0 Å². The molecule has 51 heavy (non-hydrogen) atoms. The van der Waals surface area contributed by atoms with E-state index in [2.05, 4.69) is 5.32 Å². The van der Waals surface area contributed by atoms with Gasteiger partial charge in [0.05, 0.1) is 152 Å². The number of carboxylic acids is 1. The number of imide groups is 1. The van der Waals surface area contributed by atoms with Crippen LogP contribution in [0.3, 0.4) is 0 Å². The Balaban J connectivity index is 1.63. The lowest BCUT2D eigenvalue weighted by atomic mass is 10.3. The van der Waals surface area contributed by atoms with Gasteiger partial charge in [0.2, 0.25) is 5.91 Å². The molecule has 0 unspecified atom stereocenters. The summed E-state index contributed by atoms with van der Waals surface area (Å²) in [5.41, 5.74) is 0. The Kier molecular flexibility index (Phi) is 32.5. The van der Waals surface area contributed by atoms with Crippen molar-refractivity contribution in [3.63, 3.8) is 0 Å². The Morgan fingerprint density at radius 3 is 1.08 bits per heavy atom. The van der Waals surface area contributed by atoms with E-state index in [1.54, 1.807) is 0 Å². The molecule has 1 heterocycles. The van der Waals surface area contributed by atoms with E-state index in [1.165, 1.54) is 12.2 Å². The van der Waals surface area contributed by atoms with Gasteiger partial charge in [-0.1, -0.05) is 0 Å². The minimum absolute atomic E-state index is 0.0159. The van der Waals surface area contributed by atoms with Crippen LogP contribution in [0.25, 0.3) is 0 Å². The average Bonchev–Trinajstić information content (AvgIpc) is 3.44. The van der Waals surface area contributed by atoms with Crippen LogP contribution in [0, 0.1) is 0 Å². The molecule has 1 aliphatic heterocycles. The third kappa shape index (κ3) is 31.8. The van der Waals surface area contributed by atoms with E-state index in [-0.39, 0.29) is 43.7 Å². The number of rotatable bonds is 40. The minimum Gasteiger partial charge on any atom is -0.481 e. The molecule has 3 amide bonds. The van der Waals surface area contributed by atoms with Gasteiger partial charge in [-0.05, 0) is 6.42 Å². The number of ether oxygens (including phenoxy) is 11. The van der Waals surface area contributed by atoms with E-state index in [9.17, 15) is 19.2 Å². The summed E-state index contributed by atoms with van der Waals surface area (Å²) < 4.78 is 59.8. The number of hydrogen-bond donors (Lipinski definition) is 2. The van der Waals surface area contributed by atoms with E-state index in [4.69, 9.17) is 57.2 Å². The smallest absolute Gasteiger partial charge is 0.303 e. The first-order valence-electron chi connectivity index (χ1n) is 17.4. The SMILES string of the molecule is O=C(O)CCC(=O)NCCCOCCOCCOCCOCCOCCOCCOCCOCCOCCOCCOCCN1C(=O)C=CC1=O. The fraction of sp³-hybridized carbons (Fsp3) is 0.818. The summed E-state index contributed by atoms with van der Waals surface area (Å²) in [6.07, 6.45) is 2.96. The lowest BCUT2D eigenvalue weighted by Crippen LogP contribution is -2.33. The van der Waals surface area contributed by atoms with E-state index in [0.29, 0.717) is 152 Å². The summed E-state index contributed by atoms with van der Waals surface area (Å²) in [5, 5.41) is 11.2. The molecule has 0 aliphatic carbocycles. The monoisotopic (exact) mass is 738 g/mol. The summed E-state index contributed by atoms with van der Waals surface area (Å²) >= 11 is 0. The van der Waals surface area contributed by atoms with Crippen molar-refractivity contribution in [2.45, 2.75) is 19.3 Å². The highest BCUT2D eigenvalue weighted by Crippen LogP contribution is 2.02. The Bertz CT molecular complexity index is 892. The second-order valence-electron chi connectivity index (χ2n) is 10.5. The number of nitrogens with zero attached hydrogens (tertiary/aromatic N) is 1. The number of carbonyl (C=O) groups is 4. The largest absolute Gasteiger partial charge is 0.481 e. The Morgan fingerprint density at radius 1 is 0.471 bits per heavy atom. The molecule has 1 aliphatic rings. The van der Waals surface area contributed by atoms with Crippen molar-refractivity contribution < 1.29 is 76.4 Å². The summed E-state index contributed by atoms with van der Waals surface area (Å²) in [4.78, 5) is 45.7. The Morgan fingerprint density at radius 2 is 0.765 bits per heavy atom. The quantitative estimate of drug-likeness (QED) is 0.0599. The second-order valence-corrected chi connectivity index (χ2v) is 10.5. The highest BCUT2D eigenvalue weighted by molar-refractivity contribution is 6.12. The molecule has 18 nitrogen and oxygen atoms in total. The molecule has 0 aromatic heterocycles. The summed E-state index contributed by atoms with van der Waals surface area (Å²) in [5.74, 6) is -1.89. The van der Waals surface area contributed by atoms with Crippen molar-refractivity contribution in [2.75, 3.05) is 158 Å². The molecular formula is C33H58N2O16. The van der Waals surface area contributed by atoms with Crippen LogP contribution in [0.2, 0.25) is 0 Å². The molecule has 0 atom stereocenters. The van der Waals surface area contributed by atoms with Crippen LogP contribution in [0.1, 0.15) is 19.3 Å². The van der Waals surface area contributed by atoms with Gasteiger partial charge in [-0.2, -0.15) is 0 Å². The molecule has 0 aromatic rings. The molecule has 296 valence electrons. The van der Waals surface area contributed by atoms with E-state index in [1.807, 2.05) is 0 Å². The number of amides is 3. The summed E-state index contributed by atoms with van der Waals surface area (Å²) in [6.45, 7) is 10.5. The highest BCUT2D eigenvalue weighted by Gasteiger charge is 2.22. The van der Waals surface area contributed by atoms with Crippen molar-refractivity contribution in [1.29, 1.82) is 0 Å². The van der Waals surface area contributed by atoms with Crippen LogP contribution in [0.4, 0.5) is 0 Å². The highest BCUT2D eigenvalue weighted by atomic mass is 16.6. The first kappa shape index (κ1) is 46.4. The fourth-order valence-electron chi connectivity index (χ4n) is 3.82. The van der Waals surface area contributed by atoms with Crippen molar-refractivity contribution >= 4 is 23.7 Å². The maximum Gasteiger partial charge on any atom is 0.303 e. The van der Waals surface area contributed by atoms with Gasteiger partial charge < -0.3 is 62.5 Å². The third-order valence-electron chi connectivity index (χ3n) is 6.43. The predicted octanol–water partition coefficient (Wildman–Crippen LogP) is -0.535. The van der Waals surface area contributed by atoms with Crippen LogP contribution < -0.4 is 5.32 Å². The molecule has 1 rings (SSSR count). The first-order chi connectivity index (χ1) is 25.0. The molecule has 0 fully saturated rings. The van der Waals surface area contributed by atoms with Gasteiger partial charge in [-0.25, -0.2) is 0 Å². The molecule has 0 radical (unpaired) electrons. The molecule has 0 saturated heterocycles. The second kappa shape index (κ2) is 35.8. The van der Waals surface area contributed by atoms with Gasteiger partial charge in [0, 0.05) is 31.7 Å². The van der Waals surface area contributed by atoms with E-state index in [0.717, 1.165) is 4.90 Å². The van der Waals surface area contributed by atoms with Gasteiger partial charge in [0.25, 0.3) is 11.8 Å². The molecule has 0 spiro atoms. The molecule has 0 saturated carbocycles. The number of aliphatic carboxylic acids is 1. The molecule has 0 aromatic carbocycles. The average molecular weight is 739 g/mol. The number of nitrogens with one attached hydrogen (secondary N) is 1. The van der Waals surface area contributed by atoms with Crippen molar-refractivity contribution in [3.05, 3.63) is 12.2 Å². The van der Waals surface area contributed by atoms with E-state index < -0.39 is 5.97 Å². The van der Waals surface area contributed by atoms with E-state index >= 15 is 0 Å². The van der Waals surface area contributed by atoms with Crippen molar-refractivity contribution in [3.8, 4) is 0 Å². The molecule has 2 N–H and O–H groups in total. The number of carbonyl (C=O) groups excluding carboxylic acids is 3. The fourth-order valence-corrected chi connectivity index (χ4v) is 3.82. The zero-order chi connectivity index (χ0) is 36.9. The van der Waals surface area contributed by atoms with Crippen LogP contribution >= 0.6 is 0 Å². The minimum atomic E-state index is -0.988. The maximum atomic E-state index is 11.4. The first-order valence-corrected chi connectivity index (χ1v) is 17.4. The maximum absolute atomic E-state index is 11.4. The summed E-state index contributed by atoms with van der Waals surface area (Å²) in [6, 6.07) is 0. The van der Waals surface area contributed by atoms with Crippen LogP contribution in [-0.4, -0.2) is 192 Å². The Hall–Kier alpha value is -2.62. The summed E-state index contributed by atoms with van der Waals surface area (Å²) in [7, 11) is 0. The van der Waals surface area contributed by atoms with Crippen molar-refractivity contribution in [2.24, 2.45) is 0 Å². The van der Waals surface area contributed by atoms with Gasteiger partial charge in [-0.3, -0.25) is 24.1 Å². The topological polar surface area (TPSA) is 205 Å². The lowest BCUT2D eigenvalue weighted by Gasteiger charge is -2.13.